The number of aliphatic hydroxyl groups excluding tert-OH is 1. The summed E-state index contributed by atoms with van der Waals surface area (Å²) in [4.78, 5) is 11.9. The molecule has 0 aliphatic carbocycles. The van der Waals surface area contributed by atoms with Crippen LogP contribution in [0.3, 0.4) is 0 Å². The average Bonchev–Trinajstić information content (AvgIpc) is 2.40. The van der Waals surface area contributed by atoms with E-state index in [1.54, 1.807) is 6.07 Å². The Labute approximate surface area is 101 Å². The summed E-state index contributed by atoms with van der Waals surface area (Å²) in [5.41, 5.74) is 1.55. The van der Waals surface area contributed by atoms with E-state index in [-0.39, 0.29) is 18.6 Å². The first-order valence-corrected chi connectivity index (χ1v) is 6.03. The maximum absolute atomic E-state index is 11.9. The number of hydrogen-bond acceptors (Lipinski definition) is 3. The van der Waals surface area contributed by atoms with E-state index in [0.29, 0.717) is 0 Å². The minimum Gasteiger partial charge on any atom is -0.392 e. The molecule has 0 radical (unpaired) electrons. The fourth-order valence-corrected chi connectivity index (χ4v) is 2.05. The summed E-state index contributed by atoms with van der Waals surface area (Å²) in [6, 6.07) is 7.20. The first-order chi connectivity index (χ1) is 8.29. The van der Waals surface area contributed by atoms with Gasteiger partial charge in [0.15, 0.2) is 0 Å². The smallest absolute Gasteiger partial charge is 0.241 e. The van der Waals surface area contributed by atoms with E-state index >= 15 is 0 Å². The van der Waals surface area contributed by atoms with Crippen LogP contribution in [-0.4, -0.2) is 23.6 Å². The molecule has 1 amide bonds. The first kappa shape index (κ1) is 12.1. The van der Waals surface area contributed by atoms with E-state index < -0.39 is 0 Å². The summed E-state index contributed by atoms with van der Waals surface area (Å²) >= 11 is 0. The molecule has 1 saturated heterocycles. The molecule has 1 fully saturated rings. The Kier molecular flexibility index (Phi) is 4.12. The summed E-state index contributed by atoms with van der Waals surface area (Å²) < 4.78 is 0. The van der Waals surface area contributed by atoms with Crippen LogP contribution < -0.4 is 10.6 Å². The third-order valence-electron chi connectivity index (χ3n) is 3.00. The summed E-state index contributed by atoms with van der Waals surface area (Å²) in [6.45, 7) is 0.903. The van der Waals surface area contributed by atoms with Crippen LogP contribution in [-0.2, 0) is 11.4 Å². The number of rotatable bonds is 3. The van der Waals surface area contributed by atoms with Crippen molar-refractivity contribution in [3.8, 4) is 0 Å². The third kappa shape index (κ3) is 3.28. The van der Waals surface area contributed by atoms with E-state index in [9.17, 15) is 4.79 Å². The lowest BCUT2D eigenvalue weighted by Crippen LogP contribution is -2.43. The van der Waals surface area contributed by atoms with E-state index in [1.165, 1.54) is 0 Å². The Morgan fingerprint density at radius 3 is 3.06 bits per heavy atom. The van der Waals surface area contributed by atoms with Gasteiger partial charge in [-0.05, 0) is 37.1 Å². The van der Waals surface area contributed by atoms with Crippen molar-refractivity contribution >= 4 is 11.6 Å². The molecule has 0 spiro atoms. The quantitative estimate of drug-likeness (QED) is 0.738. The summed E-state index contributed by atoms with van der Waals surface area (Å²) in [5.74, 6) is 0.0137. The highest BCUT2D eigenvalue weighted by atomic mass is 16.3. The van der Waals surface area contributed by atoms with E-state index in [2.05, 4.69) is 10.6 Å². The van der Waals surface area contributed by atoms with Crippen LogP contribution in [0.4, 0.5) is 5.69 Å². The molecule has 3 N–H and O–H groups in total. The number of nitrogens with one attached hydrogen (secondary N) is 2. The van der Waals surface area contributed by atoms with Crippen molar-refractivity contribution in [1.29, 1.82) is 0 Å². The zero-order valence-corrected chi connectivity index (χ0v) is 9.78. The zero-order chi connectivity index (χ0) is 12.1. The summed E-state index contributed by atoms with van der Waals surface area (Å²) in [6.07, 6.45) is 3.14. The lowest BCUT2D eigenvalue weighted by atomic mass is 10.0. The number of amides is 1. The van der Waals surface area contributed by atoms with Crippen LogP contribution >= 0.6 is 0 Å². The van der Waals surface area contributed by atoms with Crippen LogP contribution in [0.2, 0.25) is 0 Å². The Balaban J connectivity index is 1.96. The molecule has 0 saturated carbocycles. The number of carbonyl (C=O) groups is 1. The number of aliphatic hydroxyl groups is 1. The number of benzene rings is 1. The van der Waals surface area contributed by atoms with Gasteiger partial charge in [0, 0.05) is 5.69 Å². The van der Waals surface area contributed by atoms with Gasteiger partial charge in [0.25, 0.3) is 0 Å². The summed E-state index contributed by atoms with van der Waals surface area (Å²) in [5, 5.41) is 15.1. The number of piperidine rings is 1. The predicted octanol–water partition coefficient (Wildman–Crippen LogP) is 1.26. The molecule has 4 nitrogen and oxygen atoms in total. The van der Waals surface area contributed by atoms with Crippen molar-refractivity contribution in [2.45, 2.75) is 31.9 Å². The molecule has 1 aromatic rings. The molecule has 0 unspecified atom stereocenters. The van der Waals surface area contributed by atoms with E-state index in [1.807, 2.05) is 18.2 Å². The maximum Gasteiger partial charge on any atom is 0.241 e. The number of hydrogen-bond donors (Lipinski definition) is 3. The molecule has 17 heavy (non-hydrogen) atoms. The molecule has 1 aliphatic rings. The monoisotopic (exact) mass is 234 g/mol. The number of anilines is 1. The molecule has 1 atom stereocenters. The van der Waals surface area contributed by atoms with Gasteiger partial charge in [-0.1, -0.05) is 18.6 Å². The van der Waals surface area contributed by atoms with Crippen LogP contribution in [0, 0.1) is 0 Å². The van der Waals surface area contributed by atoms with Gasteiger partial charge in [-0.15, -0.1) is 0 Å². The van der Waals surface area contributed by atoms with Crippen LogP contribution in [0.25, 0.3) is 0 Å². The van der Waals surface area contributed by atoms with Crippen molar-refractivity contribution in [1.82, 2.24) is 5.32 Å². The van der Waals surface area contributed by atoms with Gasteiger partial charge in [0.05, 0.1) is 12.6 Å². The van der Waals surface area contributed by atoms with Gasteiger partial charge in [-0.2, -0.15) is 0 Å². The van der Waals surface area contributed by atoms with Crippen LogP contribution in [0.1, 0.15) is 24.8 Å². The third-order valence-corrected chi connectivity index (χ3v) is 3.00. The molecule has 1 aliphatic heterocycles. The maximum atomic E-state index is 11.9. The fourth-order valence-electron chi connectivity index (χ4n) is 2.05. The minimum atomic E-state index is -0.0819. The molecule has 92 valence electrons. The Hall–Kier alpha value is -1.39. The van der Waals surface area contributed by atoms with Crippen molar-refractivity contribution < 1.29 is 9.90 Å². The lowest BCUT2D eigenvalue weighted by Gasteiger charge is -2.22. The van der Waals surface area contributed by atoms with Gasteiger partial charge in [-0.25, -0.2) is 0 Å². The minimum absolute atomic E-state index is 0.00854. The highest BCUT2D eigenvalue weighted by Gasteiger charge is 2.20. The number of carbonyl (C=O) groups excluding carboxylic acids is 1. The van der Waals surface area contributed by atoms with Crippen molar-refractivity contribution in [2.24, 2.45) is 0 Å². The van der Waals surface area contributed by atoms with Crippen LogP contribution in [0.5, 0.6) is 0 Å². The topological polar surface area (TPSA) is 61.4 Å². The molecular weight excluding hydrogens is 216 g/mol. The normalized spacial score (nSPS) is 19.9. The fraction of sp³-hybridized carbons (Fsp3) is 0.462. The van der Waals surface area contributed by atoms with Crippen molar-refractivity contribution in [2.75, 3.05) is 11.9 Å². The molecule has 1 aromatic carbocycles. The highest BCUT2D eigenvalue weighted by molar-refractivity contribution is 5.94. The Bertz CT molecular complexity index is 387. The standard InChI is InChI=1S/C13H18N2O2/c16-9-10-4-3-5-11(8-10)15-13(17)12-6-1-2-7-14-12/h3-5,8,12,14,16H,1-2,6-7,9H2,(H,15,17)/t12-/m0/s1. The first-order valence-electron chi connectivity index (χ1n) is 6.03. The highest BCUT2D eigenvalue weighted by Crippen LogP contribution is 2.13. The zero-order valence-electron chi connectivity index (χ0n) is 9.78. The van der Waals surface area contributed by atoms with Gasteiger partial charge < -0.3 is 15.7 Å². The van der Waals surface area contributed by atoms with Gasteiger partial charge >= 0.3 is 0 Å². The second-order valence-corrected chi connectivity index (χ2v) is 4.35. The average molecular weight is 234 g/mol. The SMILES string of the molecule is O=C(Nc1cccc(CO)c1)[C@@H]1CCCCN1. The van der Waals surface area contributed by atoms with Crippen molar-refractivity contribution in [3.05, 3.63) is 29.8 Å². The lowest BCUT2D eigenvalue weighted by molar-refractivity contribution is -0.118. The summed E-state index contributed by atoms with van der Waals surface area (Å²) in [7, 11) is 0. The molecule has 1 heterocycles. The Morgan fingerprint density at radius 1 is 1.47 bits per heavy atom. The van der Waals surface area contributed by atoms with Crippen molar-refractivity contribution in [3.63, 3.8) is 0 Å². The second kappa shape index (κ2) is 5.80. The largest absolute Gasteiger partial charge is 0.392 e. The van der Waals surface area contributed by atoms with Crippen LogP contribution in [0.15, 0.2) is 24.3 Å². The molecule has 4 heteroatoms. The van der Waals surface area contributed by atoms with Gasteiger partial charge in [-0.3, -0.25) is 4.79 Å². The molecule has 0 bridgehead atoms. The van der Waals surface area contributed by atoms with E-state index in [0.717, 1.165) is 37.1 Å². The molecule has 2 rings (SSSR count). The van der Waals surface area contributed by atoms with Gasteiger partial charge in [0.1, 0.15) is 0 Å². The van der Waals surface area contributed by atoms with E-state index in [4.69, 9.17) is 5.11 Å². The Morgan fingerprint density at radius 2 is 2.35 bits per heavy atom. The van der Waals surface area contributed by atoms with Gasteiger partial charge in [0.2, 0.25) is 5.91 Å². The molecule has 0 aromatic heterocycles. The molecular formula is C13H18N2O2. The predicted molar refractivity (Wildman–Crippen MR) is 66.6 cm³/mol. The second-order valence-electron chi connectivity index (χ2n) is 4.35.